The zero-order valence-electron chi connectivity index (χ0n) is 8.57. The average molecular weight is 280 g/mol. The van der Waals surface area contributed by atoms with Gasteiger partial charge in [-0.05, 0) is 35.0 Å². The first-order valence-electron chi connectivity index (χ1n) is 4.69. The van der Waals surface area contributed by atoms with Gasteiger partial charge in [-0.2, -0.15) is 0 Å². The third-order valence-electron chi connectivity index (χ3n) is 2.36. The summed E-state index contributed by atoms with van der Waals surface area (Å²) in [6.07, 6.45) is 5.91. The van der Waals surface area contributed by atoms with Crippen LogP contribution in [0.3, 0.4) is 0 Å². The van der Waals surface area contributed by atoms with Crippen molar-refractivity contribution in [3.05, 3.63) is 12.7 Å². The van der Waals surface area contributed by atoms with Gasteiger partial charge >= 0.3 is 0 Å². The topological polar surface area (TPSA) is 0 Å². The standard InChI is InChI=1S/C11H21I/c1-5-7-10(8-6-9-12)11(2,3)4/h5,10H,1,6-9H2,2-4H3. The van der Waals surface area contributed by atoms with Gasteiger partial charge in [0.1, 0.15) is 0 Å². The van der Waals surface area contributed by atoms with E-state index < -0.39 is 0 Å². The highest BCUT2D eigenvalue weighted by atomic mass is 127. The molecule has 0 aromatic carbocycles. The monoisotopic (exact) mass is 280 g/mol. The van der Waals surface area contributed by atoms with Crippen molar-refractivity contribution < 1.29 is 0 Å². The van der Waals surface area contributed by atoms with Crippen molar-refractivity contribution in [1.29, 1.82) is 0 Å². The molecule has 0 radical (unpaired) electrons. The van der Waals surface area contributed by atoms with Gasteiger partial charge in [0.25, 0.3) is 0 Å². The molecule has 0 spiro atoms. The van der Waals surface area contributed by atoms with Crippen molar-refractivity contribution in [2.75, 3.05) is 4.43 Å². The molecule has 0 heterocycles. The molecule has 0 rings (SSSR count). The smallest absolute Gasteiger partial charge is 0.000462 e. The first-order chi connectivity index (χ1) is 5.52. The van der Waals surface area contributed by atoms with Crippen LogP contribution in [0.5, 0.6) is 0 Å². The molecule has 0 saturated carbocycles. The molecule has 0 aliphatic heterocycles. The van der Waals surface area contributed by atoms with Crippen LogP contribution in [-0.4, -0.2) is 4.43 Å². The van der Waals surface area contributed by atoms with Crippen molar-refractivity contribution in [2.24, 2.45) is 11.3 Å². The summed E-state index contributed by atoms with van der Waals surface area (Å²) in [5.74, 6) is 0.810. The third kappa shape index (κ3) is 5.18. The molecule has 0 bridgehead atoms. The summed E-state index contributed by atoms with van der Waals surface area (Å²) in [4.78, 5) is 0. The molecular weight excluding hydrogens is 259 g/mol. The van der Waals surface area contributed by atoms with Crippen LogP contribution in [-0.2, 0) is 0 Å². The second-order valence-electron chi connectivity index (χ2n) is 4.42. The number of hydrogen-bond donors (Lipinski definition) is 0. The molecule has 0 fully saturated rings. The molecule has 72 valence electrons. The van der Waals surface area contributed by atoms with E-state index in [0.717, 1.165) is 5.92 Å². The van der Waals surface area contributed by atoms with E-state index in [1.165, 1.54) is 23.7 Å². The Morgan fingerprint density at radius 2 is 2.00 bits per heavy atom. The second-order valence-corrected chi connectivity index (χ2v) is 5.50. The maximum absolute atomic E-state index is 3.82. The van der Waals surface area contributed by atoms with Gasteiger partial charge in [-0.3, -0.25) is 0 Å². The van der Waals surface area contributed by atoms with E-state index in [0.29, 0.717) is 5.41 Å². The van der Waals surface area contributed by atoms with Gasteiger partial charge in [0, 0.05) is 0 Å². The predicted molar refractivity (Wildman–Crippen MR) is 65.9 cm³/mol. The van der Waals surface area contributed by atoms with E-state index >= 15 is 0 Å². The van der Waals surface area contributed by atoms with Crippen molar-refractivity contribution in [1.82, 2.24) is 0 Å². The molecule has 1 unspecified atom stereocenters. The highest BCUT2D eigenvalue weighted by Crippen LogP contribution is 2.32. The Morgan fingerprint density at radius 1 is 1.42 bits per heavy atom. The molecular formula is C11H21I. The maximum atomic E-state index is 3.82. The second kappa shape index (κ2) is 6.01. The Kier molecular flexibility index (Phi) is 6.24. The van der Waals surface area contributed by atoms with Crippen LogP contribution < -0.4 is 0 Å². The van der Waals surface area contributed by atoms with Crippen LogP contribution in [0.25, 0.3) is 0 Å². The number of hydrogen-bond acceptors (Lipinski definition) is 0. The van der Waals surface area contributed by atoms with E-state index in [-0.39, 0.29) is 0 Å². The highest BCUT2D eigenvalue weighted by molar-refractivity contribution is 14.1. The average Bonchev–Trinajstić information content (AvgIpc) is 1.95. The molecule has 0 aliphatic rings. The van der Waals surface area contributed by atoms with Crippen LogP contribution >= 0.6 is 22.6 Å². The molecule has 0 nitrogen and oxygen atoms in total. The van der Waals surface area contributed by atoms with E-state index in [2.05, 4.69) is 56.0 Å². The van der Waals surface area contributed by atoms with Crippen LogP contribution in [0, 0.1) is 11.3 Å². The molecule has 1 atom stereocenters. The lowest BCUT2D eigenvalue weighted by Gasteiger charge is -2.29. The highest BCUT2D eigenvalue weighted by Gasteiger charge is 2.22. The van der Waals surface area contributed by atoms with Crippen LogP contribution in [0.2, 0.25) is 0 Å². The Hall–Kier alpha value is 0.470. The van der Waals surface area contributed by atoms with Crippen molar-refractivity contribution in [2.45, 2.75) is 40.0 Å². The lowest BCUT2D eigenvalue weighted by Crippen LogP contribution is -2.19. The summed E-state index contributed by atoms with van der Waals surface area (Å²) in [5.41, 5.74) is 0.444. The molecule has 0 N–H and O–H groups in total. The Morgan fingerprint density at radius 3 is 2.33 bits per heavy atom. The molecule has 1 heteroatoms. The summed E-state index contributed by atoms with van der Waals surface area (Å²) in [7, 11) is 0. The van der Waals surface area contributed by atoms with E-state index in [1.807, 2.05) is 0 Å². The minimum atomic E-state index is 0.444. The van der Waals surface area contributed by atoms with Gasteiger partial charge in [0.2, 0.25) is 0 Å². The lowest BCUT2D eigenvalue weighted by molar-refractivity contribution is 0.227. The van der Waals surface area contributed by atoms with E-state index in [4.69, 9.17) is 0 Å². The summed E-state index contributed by atoms with van der Waals surface area (Å²) in [5, 5.41) is 0. The van der Waals surface area contributed by atoms with Crippen molar-refractivity contribution >= 4 is 22.6 Å². The zero-order valence-corrected chi connectivity index (χ0v) is 10.7. The molecule has 12 heavy (non-hydrogen) atoms. The maximum Gasteiger partial charge on any atom is -0.000462 e. The number of alkyl halides is 1. The number of allylic oxidation sites excluding steroid dienone is 1. The first kappa shape index (κ1) is 12.5. The molecule has 0 amide bonds. The first-order valence-corrected chi connectivity index (χ1v) is 6.21. The molecule has 0 aromatic rings. The Labute approximate surface area is 91.0 Å². The third-order valence-corrected chi connectivity index (χ3v) is 3.12. The summed E-state index contributed by atoms with van der Waals surface area (Å²) >= 11 is 2.45. The summed E-state index contributed by atoms with van der Waals surface area (Å²) < 4.78 is 1.28. The van der Waals surface area contributed by atoms with Crippen molar-refractivity contribution in [3.8, 4) is 0 Å². The van der Waals surface area contributed by atoms with Crippen molar-refractivity contribution in [3.63, 3.8) is 0 Å². The largest absolute Gasteiger partial charge is 0.103 e. The van der Waals surface area contributed by atoms with Gasteiger partial charge in [-0.1, -0.05) is 49.4 Å². The fourth-order valence-electron chi connectivity index (χ4n) is 1.43. The summed E-state index contributed by atoms with van der Waals surface area (Å²) in [6.45, 7) is 10.8. The lowest BCUT2D eigenvalue weighted by atomic mass is 9.76. The normalized spacial score (nSPS) is 14.3. The van der Waals surface area contributed by atoms with Gasteiger partial charge < -0.3 is 0 Å². The van der Waals surface area contributed by atoms with E-state index in [9.17, 15) is 0 Å². The number of rotatable bonds is 5. The minimum Gasteiger partial charge on any atom is -0.103 e. The van der Waals surface area contributed by atoms with Crippen LogP contribution in [0.4, 0.5) is 0 Å². The van der Waals surface area contributed by atoms with Gasteiger partial charge in [0.15, 0.2) is 0 Å². The van der Waals surface area contributed by atoms with Crippen LogP contribution in [0.15, 0.2) is 12.7 Å². The van der Waals surface area contributed by atoms with Gasteiger partial charge in [-0.25, -0.2) is 0 Å². The fourth-order valence-corrected chi connectivity index (χ4v) is 1.87. The quantitative estimate of drug-likeness (QED) is 0.397. The van der Waals surface area contributed by atoms with Crippen LogP contribution in [0.1, 0.15) is 40.0 Å². The molecule has 0 aromatic heterocycles. The molecule has 0 saturated heterocycles. The minimum absolute atomic E-state index is 0.444. The fraction of sp³-hybridized carbons (Fsp3) is 0.818. The predicted octanol–water partition coefficient (Wildman–Crippen LogP) is 4.44. The zero-order chi connectivity index (χ0) is 9.61. The Balaban J connectivity index is 3.94. The van der Waals surface area contributed by atoms with Gasteiger partial charge in [0.05, 0.1) is 0 Å². The summed E-state index contributed by atoms with van der Waals surface area (Å²) in [6, 6.07) is 0. The SMILES string of the molecule is C=CCC(CCCI)C(C)(C)C. The van der Waals surface area contributed by atoms with E-state index in [1.54, 1.807) is 0 Å². The Bertz CT molecular complexity index is 121. The number of halogens is 1. The molecule has 0 aliphatic carbocycles. The van der Waals surface area contributed by atoms with Gasteiger partial charge in [-0.15, -0.1) is 6.58 Å².